The predicted molar refractivity (Wildman–Crippen MR) is 131 cm³/mol. The van der Waals surface area contributed by atoms with E-state index in [0.717, 1.165) is 16.8 Å². The second-order valence-electron chi connectivity index (χ2n) is 8.32. The van der Waals surface area contributed by atoms with Crippen LogP contribution in [-0.4, -0.2) is 41.9 Å². The van der Waals surface area contributed by atoms with E-state index >= 15 is 0 Å². The van der Waals surface area contributed by atoms with E-state index in [1.807, 2.05) is 43.9 Å². The fourth-order valence-electron chi connectivity index (χ4n) is 4.54. The van der Waals surface area contributed by atoms with Crippen molar-refractivity contribution in [2.24, 2.45) is 5.92 Å². The third-order valence-corrected chi connectivity index (χ3v) is 6.93. The molecule has 32 heavy (non-hydrogen) atoms. The summed E-state index contributed by atoms with van der Waals surface area (Å²) in [5, 5.41) is 7.74. The van der Waals surface area contributed by atoms with Crippen LogP contribution in [0.5, 0.6) is 5.75 Å². The van der Waals surface area contributed by atoms with Gasteiger partial charge in [-0.3, -0.25) is 4.79 Å². The minimum atomic E-state index is -1.08. The van der Waals surface area contributed by atoms with Crippen molar-refractivity contribution in [3.63, 3.8) is 0 Å². The summed E-state index contributed by atoms with van der Waals surface area (Å²) in [4.78, 5) is 15.6. The Morgan fingerprint density at radius 2 is 2.06 bits per heavy atom. The van der Waals surface area contributed by atoms with Gasteiger partial charge in [0.25, 0.3) is 0 Å². The highest BCUT2D eigenvalue weighted by molar-refractivity contribution is 7.80. The van der Waals surface area contributed by atoms with Gasteiger partial charge in [0.1, 0.15) is 11.7 Å². The molecule has 3 atom stereocenters. The molecule has 0 spiro atoms. The zero-order valence-electron chi connectivity index (χ0n) is 18.3. The molecule has 2 aromatic rings. The summed E-state index contributed by atoms with van der Waals surface area (Å²) in [7, 11) is 1.62. The van der Waals surface area contributed by atoms with Crippen LogP contribution in [0.15, 0.2) is 30.3 Å². The van der Waals surface area contributed by atoms with Crippen molar-refractivity contribution in [2.45, 2.75) is 32.5 Å². The quantitative estimate of drug-likeness (QED) is 0.580. The predicted octanol–water partition coefficient (Wildman–Crippen LogP) is 4.85. The minimum absolute atomic E-state index is 0.191. The maximum atomic E-state index is 13.7. The fraction of sp³-hybridized carbons (Fsp3) is 0.391. The molecule has 2 aliphatic heterocycles. The third-order valence-electron chi connectivity index (χ3n) is 6.09. The van der Waals surface area contributed by atoms with Gasteiger partial charge in [0.05, 0.1) is 17.7 Å². The van der Waals surface area contributed by atoms with Crippen molar-refractivity contribution in [2.75, 3.05) is 25.6 Å². The summed E-state index contributed by atoms with van der Waals surface area (Å²) < 4.78 is 11.7. The molecule has 0 saturated carbocycles. The normalized spacial score (nSPS) is 23.8. The molecule has 6 nitrogen and oxygen atoms in total. The Morgan fingerprint density at radius 3 is 2.75 bits per heavy atom. The average molecular weight is 494 g/mol. The third kappa shape index (κ3) is 3.92. The van der Waals surface area contributed by atoms with Gasteiger partial charge < -0.3 is 25.0 Å². The number of anilines is 1. The van der Waals surface area contributed by atoms with Crippen LogP contribution in [0, 0.1) is 19.8 Å². The number of fused-ring (bicyclic) bond motifs is 4. The maximum absolute atomic E-state index is 13.7. The van der Waals surface area contributed by atoms with Gasteiger partial charge in [0, 0.05) is 29.9 Å². The summed E-state index contributed by atoms with van der Waals surface area (Å²) in [6.07, 6.45) is 0. The second-order valence-corrected chi connectivity index (χ2v) is 9.55. The molecule has 2 heterocycles. The number of nitrogens with zero attached hydrogens (tertiary/aromatic N) is 1. The zero-order valence-corrected chi connectivity index (χ0v) is 20.6. The lowest BCUT2D eigenvalue weighted by Gasteiger charge is -2.56. The number of nitrogens with one attached hydrogen (secondary N) is 2. The van der Waals surface area contributed by atoms with Crippen molar-refractivity contribution in [1.82, 2.24) is 10.2 Å². The molecule has 2 aromatic carbocycles. The van der Waals surface area contributed by atoms with E-state index in [-0.39, 0.29) is 5.91 Å². The molecule has 2 bridgehead atoms. The molecular weight excluding hydrogens is 469 g/mol. The summed E-state index contributed by atoms with van der Waals surface area (Å²) >= 11 is 18.4. The number of halogens is 2. The topological polar surface area (TPSA) is 62.8 Å². The minimum Gasteiger partial charge on any atom is -0.465 e. The Balaban J connectivity index is 1.79. The summed E-state index contributed by atoms with van der Waals surface area (Å²) in [5.74, 6) is -0.339. The smallest absolute Gasteiger partial charge is 0.236 e. The lowest BCUT2D eigenvalue weighted by molar-refractivity contribution is -0.150. The number of rotatable bonds is 5. The molecule has 2 aliphatic rings. The highest BCUT2D eigenvalue weighted by Crippen LogP contribution is 2.51. The molecule has 0 aromatic heterocycles. The van der Waals surface area contributed by atoms with Crippen molar-refractivity contribution in [3.05, 3.63) is 57.1 Å². The first kappa shape index (κ1) is 23.1. The highest BCUT2D eigenvalue weighted by Gasteiger charge is 2.59. The van der Waals surface area contributed by atoms with Crippen LogP contribution in [0.2, 0.25) is 10.0 Å². The first-order chi connectivity index (χ1) is 15.2. The van der Waals surface area contributed by atoms with E-state index in [9.17, 15) is 4.79 Å². The lowest BCUT2D eigenvalue weighted by Crippen LogP contribution is -2.72. The van der Waals surface area contributed by atoms with Crippen molar-refractivity contribution in [3.8, 4) is 5.75 Å². The first-order valence-electron chi connectivity index (χ1n) is 10.3. The summed E-state index contributed by atoms with van der Waals surface area (Å²) in [6, 6.07) is 8.85. The monoisotopic (exact) mass is 493 g/mol. The molecule has 0 radical (unpaired) electrons. The Morgan fingerprint density at radius 1 is 1.31 bits per heavy atom. The van der Waals surface area contributed by atoms with Crippen LogP contribution < -0.4 is 15.4 Å². The van der Waals surface area contributed by atoms with Crippen molar-refractivity contribution < 1.29 is 14.3 Å². The molecule has 1 amide bonds. The van der Waals surface area contributed by atoms with E-state index in [1.54, 1.807) is 19.2 Å². The number of hydrogen-bond donors (Lipinski definition) is 2. The highest BCUT2D eigenvalue weighted by atomic mass is 35.5. The molecule has 0 unspecified atom stereocenters. The number of methoxy groups -OCH3 is 1. The van der Waals surface area contributed by atoms with Gasteiger partial charge in [0.2, 0.25) is 5.91 Å². The van der Waals surface area contributed by atoms with E-state index in [1.165, 1.54) is 0 Å². The maximum Gasteiger partial charge on any atom is 0.236 e. The number of amides is 1. The molecule has 4 rings (SSSR count). The van der Waals surface area contributed by atoms with Crippen molar-refractivity contribution in [1.29, 1.82) is 0 Å². The van der Waals surface area contributed by atoms with Crippen LogP contribution in [0.1, 0.15) is 29.7 Å². The zero-order chi connectivity index (χ0) is 23.2. The molecule has 9 heteroatoms. The Bertz CT molecular complexity index is 1100. The van der Waals surface area contributed by atoms with Gasteiger partial charge >= 0.3 is 0 Å². The molecular formula is C23H25Cl2N3O3S. The van der Waals surface area contributed by atoms with Crippen LogP contribution in [0.25, 0.3) is 0 Å². The fourth-order valence-corrected chi connectivity index (χ4v) is 5.49. The van der Waals surface area contributed by atoms with Crippen LogP contribution in [0.3, 0.4) is 0 Å². The number of ether oxygens (including phenoxy) is 2. The van der Waals surface area contributed by atoms with Crippen molar-refractivity contribution >= 4 is 52.1 Å². The van der Waals surface area contributed by atoms with Gasteiger partial charge in [-0.2, -0.15) is 0 Å². The summed E-state index contributed by atoms with van der Waals surface area (Å²) in [6.45, 7) is 6.71. The standard InChI is InChI=1S/C23H25Cl2N3O3S/c1-12-5-6-17(13(2)9-12)26-21(29)18-19-15-10-14(24)11-16(25)20(15)31-23(18,3)28(7-8-30-4)22(32)27-19/h5-6,9-11,18-19H,7-8H2,1-4H3,(H,26,29)(H,27,32)/t18-,19-,23-/m0/s1. The summed E-state index contributed by atoms with van der Waals surface area (Å²) in [5.41, 5.74) is 2.48. The largest absolute Gasteiger partial charge is 0.465 e. The van der Waals surface area contributed by atoms with Crippen LogP contribution >= 0.6 is 35.4 Å². The lowest BCUT2D eigenvalue weighted by atomic mass is 9.78. The average Bonchev–Trinajstić information content (AvgIpc) is 2.70. The Kier molecular flexibility index (Phi) is 6.29. The number of carbonyl (C=O) groups is 1. The Labute approximate surface area is 203 Å². The van der Waals surface area contributed by atoms with E-state index < -0.39 is 17.7 Å². The van der Waals surface area contributed by atoms with Gasteiger partial charge in [-0.05, 0) is 56.8 Å². The first-order valence-corrected chi connectivity index (χ1v) is 11.4. The number of aryl methyl sites for hydroxylation is 2. The molecule has 1 saturated heterocycles. The Hall–Kier alpha value is -2.06. The number of thiocarbonyl (C=S) groups is 1. The van der Waals surface area contributed by atoms with Crippen LogP contribution in [-0.2, 0) is 9.53 Å². The molecule has 0 aliphatic carbocycles. The molecule has 170 valence electrons. The van der Waals surface area contributed by atoms with Crippen LogP contribution in [0.4, 0.5) is 5.69 Å². The molecule has 2 N–H and O–H groups in total. The van der Waals surface area contributed by atoms with E-state index in [2.05, 4.69) is 10.6 Å². The van der Waals surface area contributed by atoms with Gasteiger partial charge in [-0.15, -0.1) is 0 Å². The van der Waals surface area contributed by atoms with E-state index in [4.69, 9.17) is 44.9 Å². The number of hydrogen-bond acceptors (Lipinski definition) is 4. The SMILES string of the molecule is COCCN1C(=S)N[C@H]2c3cc(Cl)cc(Cl)c3O[C@@]1(C)[C@@H]2C(=O)Nc1ccc(C)cc1C. The van der Waals surface area contributed by atoms with Gasteiger partial charge in [-0.1, -0.05) is 40.9 Å². The number of carbonyl (C=O) groups excluding carboxylic acids is 1. The molecule has 1 fully saturated rings. The van der Waals surface area contributed by atoms with E-state index in [0.29, 0.717) is 39.6 Å². The van der Waals surface area contributed by atoms with Gasteiger partial charge in [0.15, 0.2) is 10.8 Å². The second kappa shape index (κ2) is 8.71. The van der Waals surface area contributed by atoms with Gasteiger partial charge in [-0.25, -0.2) is 0 Å². The number of benzene rings is 2.